The number of urea groups is 1. The molecule has 2 heterocycles. The molecule has 3 amide bonds. The molecule has 2 aliphatic heterocycles. The maximum Gasteiger partial charge on any atom is 0.318 e. The molecule has 0 saturated carbocycles. The van der Waals surface area contributed by atoms with Crippen molar-refractivity contribution in [2.75, 3.05) is 26.7 Å². The molecule has 0 aromatic heterocycles. The standard InChI is InChI=1S/C18H26N4O4S/c1-3-20-27(25,26)14-7-4-6-13(10-14)11-19-18(24)22-9-5-8-15-16(22)12-21(2)17(15)23/h4,6-7,10,15-16,20H,3,5,8-9,11-12H2,1-2H3,(H,19,24)/t15-,16-/m1/s1. The van der Waals surface area contributed by atoms with Gasteiger partial charge in [0.25, 0.3) is 0 Å². The van der Waals surface area contributed by atoms with Crippen LogP contribution in [0.4, 0.5) is 4.79 Å². The minimum Gasteiger partial charge on any atom is -0.343 e. The Morgan fingerprint density at radius 3 is 2.85 bits per heavy atom. The normalized spacial score (nSPS) is 22.7. The molecule has 1 aromatic rings. The maximum atomic E-state index is 12.7. The Hall–Kier alpha value is -2.13. The molecule has 8 nitrogen and oxygen atoms in total. The number of sulfonamides is 1. The van der Waals surface area contributed by atoms with E-state index >= 15 is 0 Å². The van der Waals surface area contributed by atoms with Crippen LogP contribution in [0.3, 0.4) is 0 Å². The number of carbonyl (C=O) groups excluding carboxylic acids is 2. The predicted octanol–water partition coefficient (Wildman–Crippen LogP) is 0.747. The Morgan fingerprint density at radius 1 is 1.33 bits per heavy atom. The highest BCUT2D eigenvalue weighted by atomic mass is 32.2. The van der Waals surface area contributed by atoms with Crippen molar-refractivity contribution in [3.8, 4) is 0 Å². The lowest BCUT2D eigenvalue weighted by molar-refractivity contribution is -0.130. The first kappa shape index (κ1) is 19.6. The van der Waals surface area contributed by atoms with Crippen LogP contribution in [0.1, 0.15) is 25.3 Å². The van der Waals surface area contributed by atoms with Crippen molar-refractivity contribution < 1.29 is 18.0 Å². The van der Waals surface area contributed by atoms with Crippen LogP contribution < -0.4 is 10.0 Å². The second-order valence-electron chi connectivity index (χ2n) is 7.04. The van der Waals surface area contributed by atoms with Gasteiger partial charge in [0.2, 0.25) is 15.9 Å². The van der Waals surface area contributed by atoms with Gasteiger partial charge in [0, 0.05) is 33.2 Å². The van der Waals surface area contributed by atoms with E-state index in [4.69, 9.17) is 0 Å². The van der Waals surface area contributed by atoms with Crippen LogP contribution in [-0.4, -0.2) is 62.9 Å². The molecule has 2 fully saturated rings. The highest BCUT2D eigenvalue weighted by molar-refractivity contribution is 7.89. The molecule has 2 N–H and O–H groups in total. The van der Waals surface area contributed by atoms with Crippen molar-refractivity contribution in [2.45, 2.75) is 37.2 Å². The Morgan fingerprint density at radius 2 is 2.11 bits per heavy atom. The number of amides is 3. The zero-order chi connectivity index (χ0) is 19.6. The third kappa shape index (κ3) is 4.08. The van der Waals surface area contributed by atoms with Crippen LogP contribution in [0, 0.1) is 5.92 Å². The molecule has 0 unspecified atom stereocenters. The highest BCUT2D eigenvalue weighted by Crippen LogP contribution is 2.30. The summed E-state index contributed by atoms with van der Waals surface area (Å²) >= 11 is 0. The number of benzene rings is 1. The van der Waals surface area contributed by atoms with Crippen LogP contribution in [-0.2, 0) is 21.4 Å². The molecule has 2 aliphatic rings. The lowest BCUT2D eigenvalue weighted by Gasteiger charge is -2.35. The number of nitrogens with zero attached hydrogens (tertiary/aromatic N) is 2. The van der Waals surface area contributed by atoms with Crippen LogP contribution in [0.25, 0.3) is 0 Å². The number of piperidine rings is 1. The molecule has 0 radical (unpaired) electrons. The minimum absolute atomic E-state index is 0.0864. The summed E-state index contributed by atoms with van der Waals surface area (Å²) in [6, 6.07) is 6.22. The molecule has 3 rings (SSSR count). The molecule has 2 atom stereocenters. The Balaban J connectivity index is 1.65. The number of hydrogen-bond donors (Lipinski definition) is 2. The van der Waals surface area contributed by atoms with Crippen LogP contribution in [0.2, 0.25) is 0 Å². The highest BCUT2D eigenvalue weighted by Gasteiger charge is 2.45. The first-order chi connectivity index (χ1) is 12.8. The summed E-state index contributed by atoms with van der Waals surface area (Å²) in [7, 11) is -1.76. The second kappa shape index (κ2) is 7.85. The monoisotopic (exact) mass is 394 g/mol. The van der Waals surface area contributed by atoms with Crippen molar-refractivity contribution in [3.05, 3.63) is 29.8 Å². The Kier molecular flexibility index (Phi) is 5.71. The van der Waals surface area contributed by atoms with Gasteiger partial charge in [-0.15, -0.1) is 0 Å². The van der Waals surface area contributed by atoms with Gasteiger partial charge in [0.05, 0.1) is 16.9 Å². The summed E-state index contributed by atoms with van der Waals surface area (Å²) in [4.78, 5) is 28.5. The molecule has 0 bridgehead atoms. The van der Waals surface area contributed by atoms with E-state index in [1.807, 2.05) is 0 Å². The van der Waals surface area contributed by atoms with Crippen molar-refractivity contribution >= 4 is 22.0 Å². The van der Waals surface area contributed by atoms with Crippen molar-refractivity contribution in [2.24, 2.45) is 5.92 Å². The lowest BCUT2D eigenvalue weighted by Crippen LogP contribution is -2.52. The van der Waals surface area contributed by atoms with Gasteiger partial charge in [-0.05, 0) is 30.5 Å². The van der Waals surface area contributed by atoms with Gasteiger partial charge in [-0.25, -0.2) is 17.9 Å². The van der Waals surface area contributed by atoms with E-state index in [1.54, 1.807) is 42.0 Å². The molecule has 9 heteroatoms. The minimum atomic E-state index is -3.53. The van der Waals surface area contributed by atoms with Crippen LogP contribution >= 0.6 is 0 Å². The molecule has 27 heavy (non-hydrogen) atoms. The molecule has 1 aromatic carbocycles. The molecule has 0 aliphatic carbocycles. The average Bonchev–Trinajstić information content (AvgIpc) is 2.94. The molecular formula is C18H26N4O4S. The fourth-order valence-corrected chi connectivity index (χ4v) is 4.96. The van der Waals surface area contributed by atoms with Gasteiger partial charge in [-0.3, -0.25) is 4.79 Å². The second-order valence-corrected chi connectivity index (χ2v) is 8.80. The number of carbonyl (C=O) groups is 2. The number of likely N-dealkylation sites (tertiary alicyclic amines) is 2. The zero-order valence-electron chi connectivity index (χ0n) is 15.6. The van der Waals surface area contributed by atoms with Gasteiger partial charge in [0.15, 0.2) is 0 Å². The van der Waals surface area contributed by atoms with E-state index in [9.17, 15) is 18.0 Å². The summed E-state index contributed by atoms with van der Waals surface area (Å²) in [6.45, 7) is 3.45. The summed E-state index contributed by atoms with van der Waals surface area (Å²) in [6.07, 6.45) is 1.63. The first-order valence-electron chi connectivity index (χ1n) is 9.21. The number of rotatable bonds is 5. The molecule has 0 spiro atoms. The fraction of sp³-hybridized carbons (Fsp3) is 0.556. The zero-order valence-corrected chi connectivity index (χ0v) is 16.5. The summed E-state index contributed by atoms with van der Waals surface area (Å²) in [5.74, 6) is 0.00178. The van der Waals surface area contributed by atoms with E-state index in [1.165, 1.54) is 6.07 Å². The van der Waals surface area contributed by atoms with E-state index in [0.717, 1.165) is 12.8 Å². The smallest absolute Gasteiger partial charge is 0.318 e. The third-order valence-electron chi connectivity index (χ3n) is 5.18. The molecular weight excluding hydrogens is 368 g/mol. The van der Waals surface area contributed by atoms with E-state index in [0.29, 0.717) is 25.2 Å². The van der Waals surface area contributed by atoms with Gasteiger partial charge in [-0.1, -0.05) is 19.1 Å². The third-order valence-corrected chi connectivity index (χ3v) is 6.72. The quantitative estimate of drug-likeness (QED) is 0.770. The first-order valence-corrected chi connectivity index (χ1v) is 10.7. The fourth-order valence-electron chi connectivity index (χ4n) is 3.85. The predicted molar refractivity (Wildman–Crippen MR) is 100 cm³/mol. The van der Waals surface area contributed by atoms with Crippen LogP contribution in [0.5, 0.6) is 0 Å². The molecule has 2 saturated heterocycles. The molecule has 148 valence electrons. The van der Waals surface area contributed by atoms with Gasteiger partial charge >= 0.3 is 6.03 Å². The topological polar surface area (TPSA) is 98.8 Å². The summed E-state index contributed by atoms with van der Waals surface area (Å²) in [5.41, 5.74) is 0.704. The van der Waals surface area contributed by atoms with Crippen LogP contribution in [0.15, 0.2) is 29.2 Å². The van der Waals surface area contributed by atoms with Gasteiger partial charge < -0.3 is 15.1 Å². The SMILES string of the molecule is CCNS(=O)(=O)c1cccc(CNC(=O)N2CCC[C@H]3C(=O)N(C)C[C@H]32)c1. The lowest BCUT2D eigenvalue weighted by atomic mass is 9.92. The summed E-state index contributed by atoms with van der Waals surface area (Å²) < 4.78 is 26.7. The number of likely N-dealkylation sites (N-methyl/N-ethyl adjacent to an activating group) is 1. The Bertz CT molecular complexity index is 826. The van der Waals surface area contributed by atoms with Gasteiger partial charge in [0.1, 0.15) is 0 Å². The van der Waals surface area contributed by atoms with Crippen molar-refractivity contribution in [1.29, 1.82) is 0 Å². The van der Waals surface area contributed by atoms with Gasteiger partial charge in [-0.2, -0.15) is 0 Å². The average molecular weight is 394 g/mol. The largest absolute Gasteiger partial charge is 0.343 e. The number of fused-ring (bicyclic) bond motifs is 1. The summed E-state index contributed by atoms with van der Waals surface area (Å²) in [5, 5.41) is 2.86. The van der Waals surface area contributed by atoms with E-state index in [-0.39, 0.29) is 35.3 Å². The van der Waals surface area contributed by atoms with E-state index < -0.39 is 10.0 Å². The number of hydrogen-bond acceptors (Lipinski definition) is 4. The van der Waals surface area contributed by atoms with Crippen molar-refractivity contribution in [3.63, 3.8) is 0 Å². The maximum absolute atomic E-state index is 12.7. The number of nitrogens with one attached hydrogen (secondary N) is 2. The van der Waals surface area contributed by atoms with E-state index in [2.05, 4.69) is 10.0 Å². The Labute approximate surface area is 160 Å². The van der Waals surface area contributed by atoms with Crippen molar-refractivity contribution in [1.82, 2.24) is 19.8 Å².